The van der Waals surface area contributed by atoms with Crippen molar-refractivity contribution in [1.29, 1.82) is 0 Å². The Morgan fingerprint density at radius 2 is 0.505 bits per heavy atom. The predicted molar refractivity (Wildman–Crippen MR) is 385 cm³/mol. The van der Waals surface area contributed by atoms with Gasteiger partial charge in [0.05, 0.1) is 25.7 Å². The number of carboxylic acid groups (broad SMARTS) is 1. The SMILES string of the molecule is C.CCCCCCCCCCCCCCCC(=O)OCC(COC(=O)CCCCCCCCCCCCCCC)OC(=O)CCC(=O)O.CCCCCCCCCCCCCCCC(=O)OCC(O)COC(=O)CCCCCCCCCCCCCCC.O=C1CCC(=O)O1. The van der Waals surface area contributed by atoms with Gasteiger partial charge in [0.25, 0.3) is 0 Å². The number of aliphatic hydroxyl groups excluding tert-OH is 1. The fourth-order valence-electron chi connectivity index (χ4n) is 11.2. The quantitative estimate of drug-likeness (QED) is 0.0249. The number of esters is 7. The van der Waals surface area contributed by atoms with Crippen molar-refractivity contribution in [3.8, 4) is 0 Å². The summed E-state index contributed by atoms with van der Waals surface area (Å²) in [5, 5.41) is 18.8. The Bertz CT molecular complexity index is 1650. The van der Waals surface area contributed by atoms with Gasteiger partial charge in [-0.2, -0.15) is 0 Å². The zero-order valence-corrected chi connectivity index (χ0v) is 61.0. The van der Waals surface area contributed by atoms with Gasteiger partial charge in [0.15, 0.2) is 6.10 Å². The summed E-state index contributed by atoms with van der Waals surface area (Å²) in [6.45, 7) is 8.35. The third-order valence-corrected chi connectivity index (χ3v) is 17.3. The minimum Gasteiger partial charge on any atom is -0.481 e. The van der Waals surface area contributed by atoms with E-state index in [0.29, 0.717) is 12.8 Å². The largest absolute Gasteiger partial charge is 0.481 e. The van der Waals surface area contributed by atoms with Crippen LogP contribution in [0.2, 0.25) is 0 Å². The van der Waals surface area contributed by atoms with Crippen LogP contribution < -0.4 is 0 Å². The van der Waals surface area contributed by atoms with Crippen LogP contribution in [0, 0.1) is 0 Å². The van der Waals surface area contributed by atoms with Crippen molar-refractivity contribution in [2.24, 2.45) is 0 Å². The minimum atomic E-state index is -1.10. The number of carbonyl (C=O) groups excluding carboxylic acids is 7. The van der Waals surface area contributed by atoms with Crippen LogP contribution in [-0.2, 0) is 66.8 Å². The Morgan fingerprint density at radius 3 is 0.695 bits per heavy atom. The first-order valence-corrected chi connectivity index (χ1v) is 39.2. The van der Waals surface area contributed by atoms with E-state index in [2.05, 4.69) is 32.4 Å². The molecule has 1 aliphatic heterocycles. The second-order valence-electron chi connectivity index (χ2n) is 26.7. The summed E-state index contributed by atoms with van der Waals surface area (Å²) >= 11 is 0. The van der Waals surface area contributed by atoms with Gasteiger partial charge in [0, 0.05) is 25.7 Å². The minimum absolute atomic E-state index is 0. The molecule has 16 nitrogen and oxygen atoms in total. The van der Waals surface area contributed by atoms with Crippen LogP contribution >= 0.6 is 0 Å². The number of carboxylic acids is 1. The van der Waals surface area contributed by atoms with Gasteiger partial charge in [-0.05, 0) is 25.7 Å². The number of ether oxygens (including phenoxy) is 6. The van der Waals surface area contributed by atoms with Crippen molar-refractivity contribution in [3.05, 3.63) is 0 Å². The second-order valence-corrected chi connectivity index (χ2v) is 26.7. The third-order valence-electron chi connectivity index (χ3n) is 17.3. The maximum absolute atomic E-state index is 12.3. The number of hydrogen-bond donors (Lipinski definition) is 2. The molecule has 0 spiro atoms. The van der Waals surface area contributed by atoms with Crippen LogP contribution in [0.4, 0.5) is 0 Å². The highest BCUT2D eigenvalue weighted by molar-refractivity contribution is 5.92. The number of rotatable bonds is 68. The summed E-state index contributed by atoms with van der Waals surface area (Å²) in [4.78, 5) is 91.3. The van der Waals surface area contributed by atoms with Gasteiger partial charge in [-0.3, -0.25) is 38.4 Å². The molecule has 0 bridgehead atoms. The molecule has 560 valence electrons. The van der Waals surface area contributed by atoms with Crippen molar-refractivity contribution in [3.63, 3.8) is 0 Å². The Morgan fingerprint density at radius 1 is 0.305 bits per heavy atom. The Labute approximate surface area is 581 Å². The molecule has 1 heterocycles. The van der Waals surface area contributed by atoms with Crippen molar-refractivity contribution >= 4 is 47.8 Å². The van der Waals surface area contributed by atoms with E-state index >= 15 is 0 Å². The highest BCUT2D eigenvalue weighted by Gasteiger charge is 2.21. The summed E-state index contributed by atoms with van der Waals surface area (Å²) in [5.41, 5.74) is 0. The molecule has 1 rings (SSSR count). The fraction of sp³-hybridized carbons (Fsp3) is 0.899. The molecule has 0 aliphatic carbocycles. The molecule has 0 radical (unpaired) electrons. The van der Waals surface area contributed by atoms with Crippen molar-refractivity contribution in [1.82, 2.24) is 0 Å². The molecule has 0 saturated carbocycles. The zero-order valence-electron chi connectivity index (χ0n) is 61.0. The molecule has 0 unspecified atom stereocenters. The molecule has 0 amide bonds. The van der Waals surface area contributed by atoms with E-state index in [1.165, 1.54) is 270 Å². The van der Waals surface area contributed by atoms with E-state index in [-0.39, 0.29) is 96.3 Å². The van der Waals surface area contributed by atoms with Crippen LogP contribution in [0.1, 0.15) is 420 Å². The van der Waals surface area contributed by atoms with E-state index in [1.54, 1.807) is 0 Å². The monoisotopic (exact) mass is 1350 g/mol. The highest BCUT2D eigenvalue weighted by Crippen LogP contribution is 2.19. The van der Waals surface area contributed by atoms with Gasteiger partial charge in [-0.25, -0.2) is 0 Å². The molecule has 0 atom stereocenters. The standard InChI is InChI=1S/C39H72O8.C35H68O5.C4H4O3.CH4/c1-3-5-7-9-11-13-15-17-19-21-23-25-27-29-37(42)45-33-35(47-39(44)32-31-36(40)41)34-46-38(43)30-28-26-24-22-20-18-16-14-12-10-8-6-4-2;1-3-5-7-9-11-13-15-17-19-21-23-25-27-29-34(37)39-31-33(36)32-40-35(38)30-28-26-24-22-20-18-16-14-12-10-8-6-4-2;5-3-1-2-4(6)7-3;/h35H,3-34H2,1-2H3,(H,40,41);33,36H,3-32H2,1-2H3;1-2H2;1H4. The number of aliphatic carboxylic acids is 1. The molecule has 0 aromatic carbocycles. The molecule has 0 aromatic rings. The van der Waals surface area contributed by atoms with Crippen LogP contribution in [-0.4, -0.2) is 96.6 Å². The van der Waals surface area contributed by atoms with Crippen molar-refractivity contribution < 1.29 is 77.0 Å². The number of hydrogen-bond acceptors (Lipinski definition) is 15. The average molecular weight is 1350 g/mol. The normalized spacial score (nSPS) is 11.7. The maximum atomic E-state index is 12.3. The molecular weight excluding hydrogens is 1200 g/mol. The number of unbranched alkanes of at least 4 members (excludes halogenated alkanes) is 48. The lowest BCUT2D eigenvalue weighted by Gasteiger charge is -2.18. The maximum Gasteiger partial charge on any atom is 0.314 e. The highest BCUT2D eigenvalue weighted by atomic mass is 16.6. The van der Waals surface area contributed by atoms with Crippen molar-refractivity contribution in [2.45, 2.75) is 433 Å². The Hall–Kier alpha value is -4.08. The van der Waals surface area contributed by atoms with Gasteiger partial charge < -0.3 is 38.6 Å². The summed E-state index contributed by atoms with van der Waals surface area (Å²) in [6.07, 6.45) is 64.2. The molecular formula is C79H148O16. The van der Waals surface area contributed by atoms with Crippen LogP contribution in [0.25, 0.3) is 0 Å². The van der Waals surface area contributed by atoms with Gasteiger partial charge in [-0.15, -0.1) is 0 Å². The zero-order chi connectivity index (χ0) is 69.3. The summed E-state index contributed by atoms with van der Waals surface area (Å²) < 4.78 is 30.3. The molecule has 0 aromatic heterocycles. The summed E-state index contributed by atoms with van der Waals surface area (Å²) in [7, 11) is 0. The molecule has 16 heteroatoms. The van der Waals surface area contributed by atoms with Gasteiger partial charge in [0.2, 0.25) is 0 Å². The lowest BCUT2D eigenvalue weighted by atomic mass is 10.0. The molecule has 95 heavy (non-hydrogen) atoms. The van der Waals surface area contributed by atoms with Crippen LogP contribution in [0.3, 0.4) is 0 Å². The van der Waals surface area contributed by atoms with Crippen LogP contribution in [0.15, 0.2) is 0 Å². The molecule has 1 saturated heterocycles. The number of cyclic esters (lactones) is 2. The second kappa shape index (κ2) is 77.3. The average Bonchev–Trinajstić information content (AvgIpc) is 3.10. The summed E-state index contributed by atoms with van der Waals surface area (Å²) in [5.74, 6) is -3.93. The first-order chi connectivity index (χ1) is 45.8. The molecule has 1 aliphatic rings. The van der Waals surface area contributed by atoms with E-state index < -0.39 is 36.1 Å². The van der Waals surface area contributed by atoms with Crippen molar-refractivity contribution in [2.75, 3.05) is 26.4 Å². The number of aliphatic hydroxyl groups is 1. The smallest absolute Gasteiger partial charge is 0.314 e. The van der Waals surface area contributed by atoms with Gasteiger partial charge in [0.1, 0.15) is 32.5 Å². The first-order valence-electron chi connectivity index (χ1n) is 39.2. The molecule has 1 fully saturated rings. The Kier molecular flexibility index (Phi) is 77.4. The Balaban J connectivity index is -0.00000161. The van der Waals surface area contributed by atoms with E-state index in [0.717, 1.165) is 64.2 Å². The number of carbonyl (C=O) groups is 8. The van der Waals surface area contributed by atoms with E-state index in [1.807, 2.05) is 0 Å². The van der Waals surface area contributed by atoms with E-state index in [4.69, 9.17) is 28.8 Å². The predicted octanol–water partition coefficient (Wildman–Crippen LogP) is 21.7. The lowest BCUT2D eigenvalue weighted by molar-refractivity contribution is -0.167. The van der Waals surface area contributed by atoms with E-state index in [9.17, 15) is 43.5 Å². The summed E-state index contributed by atoms with van der Waals surface area (Å²) in [6, 6.07) is 0. The van der Waals surface area contributed by atoms with Gasteiger partial charge >= 0.3 is 47.8 Å². The topological polar surface area (TPSA) is 232 Å². The lowest BCUT2D eigenvalue weighted by Crippen LogP contribution is -2.31. The first kappa shape index (κ1) is 95.1. The van der Waals surface area contributed by atoms with Gasteiger partial charge in [-0.1, -0.05) is 343 Å². The van der Waals surface area contributed by atoms with Crippen LogP contribution in [0.5, 0.6) is 0 Å². The third kappa shape index (κ3) is 78.8. The fourth-order valence-corrected chi connectivity index (χ4v) is 11.2. The molecule has 2 N–H and O–H groups in total.